The largest absolute Gasteiger partial charge is 0.349 e. The zero-order valence-electron chi connectivity index (χ0n) is 13.6. The minimum atomic E-state index is -3.56. The van der Waals surface area contributed by atoms with E-state index in [1.54, 1.807) is 30.1 Å². The van der Waals surface area contributed by atoms with Crippen LogP contribution in [-0.2, 0) is 28.4 Å². The van der Waals surface area contributed by atoms with Crippen LogP contribution in [0.4, 0.5) is 0 Å². The molecule has 3 heterocycles. The SMILES string of the molecule is Cn1cnnc1CNC(=O)[C@@H]1CCCN(S(=O)(=O)c2ccc(Br)s2)C1. The predicted molar refractivity (Wildman–Crippen MR) is 96.4 cm³/mol. The van der Waals surface area contributed by atoms with Gasteiger partial charge in [0.2, 0.25) is 5.91 Å². The van der Waals surface area contributed by atoms with E-state index in [0.717, 1.165) is 3.79 Å². The zero-order valence-corrected chi connectivity index (χ0v) is 16.8. The summed E-state index contributed by atoms with van der Waals surface area (Å²) >= 11 is 4.46. The van der Waals surface area contributed by atoms with Crippen LogP contribution in [0.3, 0.4) is 0 Å². The van der Waals surface area contributed by atoms with Crippen LogP contribution in [0.15, 0.2) is 26.5 Å². The number of piperidine rings is 1. The number of nitrogens with one attached hydrogen (secondary N) is 1. The van der Waals surface area contributed by atoms with Gasteiger partial charge in [0.1, 0.15) is 10.5 Å². The summed E-state index contributed by atoms with van der Waals surface area (Å²) in [6.07, 6.45) is 2.90. The van der Waals surface area contributed by atoms with Crippen molar-refractivity contribution in [2.45, 2.75) is 23.6 Å². The molecule has 1 aliphatic rings. The molecule has 1 N–H and O–H groups in total. The highest BCUT2D eigenvalue weighted by Gasteiger charge is 2.34. The standard InChI is InChI=1S/C14H18BrN5O3S2/c1-19-9-17-18-12(19)7-16-14(21)10-3-2-6-20(8-10)25(22,23)13-5-4-11(15)24-13/h4-5,9-10H,2-3,6-8H2,1H3,(H,16,21)/t10-/m1/s1. The lowest BCUT2D eigenvalue weighted by molar-refractivity contribution is -0.126. The van der Waals surface area contributed by atoms with E-state index >= 15 is 0 Å². The van der Waals surface area contributed by atoms with E-state index in [-0.39, 0.29) is 24.9 Å². The van der Waals surface area contributed by atoms with Crippen LogP contribution in [0.1, 0.15) is 18.7 Å². The zero-order chi connectivity index (χ0) is 18.0. The fourth-order valence-corrected chi connectivity index (χ4v) is 6.40. The molecular weight excluding hydrogens is 430 g/mol. The molecule has 0 bridgehead atoms. The molecule has 0 spiro atoms. The van der Waals surface area contributed by atoms with Crippen LogP contribution in [0.2, 0.25) is 0 Å². The number of thiophene rings is 1. The summed E-state index contributed by atoms with van der Waals surface area (Å²) < 4.78 is 29.6. The van der Waals surface area contributed by atoms with Gasteiger partial charge in [-0.15, -0.1) is 21.5 Å². The first kappa shape index (κ1) is 18.5. The van der Waals surface area contributed by atoms with Crippen molar-refractivity contribution in [3.63, 3.8) is 0 Å². The number of hydrogen-bond donors (Lipinski definition) is 1. The van der Waals surface area contributed by atoms with E-state index in [9.17, 15) is 13.2 Å². The summed E-state index contributed by atoms with van der Waals surface area (Å²) in [5, 5.41) is 10.5. The van der Waals surface area contributed by atoms with Gasteiger partial charge in [0.15, 0.2) is 5.82 Å². The Labute approximate surface area is 158 Å². The lowest BCUT2D eigenvalue weighted by Gasteiger charge is -2.30. The molecule has 2 aromatic rings. The molecule has 1 aliphatic heterocycles. The number of carbonyl (C=O) groups is 1. The van der Waals surface area contributed by atoms with Crippen molar-refractivity contribution in [3.05, 3.63) is 28.1 Å². The third-order valence-corrected chi connectivity index (χ3v) is 8.08. The number of sulfonamides is 1. The summed E-state index contributed by atoms with van der Waals surface area (Å²) in [5.74, 6) is 0.132. The quantitative estimate of drug-likeness (QED) is 0.745. The lowest BCUT2D eigenvalue weighted by Crippen LogP contribution is -2.45. The van der Waals surface area contributed by atoms with Crippen LogP contribution in [-0.4, -0.2) is 46.5 Å². The summed E-state index contributed by atoms with van der Waals surface area (Å²) in [6, 6.07) is 3.30. The van der Waals surface area contributed by atoms with Crippen molar-refractivity contribution in [2.24, 2.45) is 13.0 Å². The van der Waals surface area contributed by atoms with Crippen molar-refractivity contribution in [1.29, 1.82) is 0 Å². The molecule has 11 heteroatoms. The van der Waals surface area contributed by atoms with Crippen molar-refractivity contribution < 1.29 is 13.2 Å². The van der Waals surface area contributed by atoms with Gasteiger partial charge >= 0.3 is 0 Å². The summed E-state index contributed by atoms with van der Waals surface area (Å²) in [6.45, 7) is 0.907. The molecule has 8 nitrogen and oxygen atoms in total. The Morgan fingerprint density at radius 1 is 1.48 bits per heavy atom. The van der Waals surface area contributed by atoms with Gasteiger partial charge in [-0.25, -0.2) is 8.42 Å². The molecule has 1 atom stereocenters. The molecule has 0 saturated carbocycles. The topological polar surface area (TPSA) is 97.2 Å². The molecule has 0 aliphatic carbocycles. The summed E-state index contributed by atoms with van der Waals surface area (Å²) in [4.78, 5) is 12.4. The van der Waals surface area contributed by atoms with Crippen molar-refractivity contribution in [3.8, 4) is 0 Å². The van der Waals surface area contributed by atoms with E-state index in [2.05, 4.69) is 31.4 Å². The van der Waals surface area contributed by atoms with Gasteiger partial charge < -0.3 is 9.88 Å². The van der Waals surface area contributed by atoms with E-state index in [1.165, 1.54) is 15.6 Å². The maximum atomic E-state index is 12.7. The van der Waals surface area contributed by atoms with Gasteiger partial charge in [0.25, 0.3) is 10.0 Å². The van der Waals surface area contributed by atoms with Gasteiger partial charge in [-0.2, -0.15) is 4.31 Å². The summed E-state index contributed by atoms with van der Waals surface area (Å²) in [5.41, 5.74) is 0. The highest BCUT2D eigenvalue weighted by molar-refractivity contribution is 9.11. The van der Waals surface area contributed by atoms with Crippen LogP contribution >= 0.6 is 27.3 Å². The highest BCUT2D eigenvalue weighted by Crippen LogP contribution is 2.30. The molecule has 0 unspecified atom stereocenters. The van der Waals surface area contributed by atoms with Crippen LogP contribution in [0.5, 0.6) is 0 Å². The second-order valence-corrected chi connectivity index (χ2v) is 10.5. The average molecular weight is 448 g/mol. The second kappa shape index (κ2) is 7.52. The molecule has 1 saturated heterocycles. The monoisotopic (exact) mass is 447 g/mol. The highest BCUT2D eigenvalue weighted by atomic mass is 79.9. The number of rotatable bonds is 5. The van der Waals surface area contributed by atoms with E-state index in [4.69, 9.17) is 0 Å². The molecule has 0 radical (unpaired) electrons. The van der Waals surface area contributed by atoms with Crippen molar-refractivity contribution >= 4 is 43.2 Å². The average Bonchev–Trinajstić information content (AvgIpc) is 3.21. The van der Waals surface area contributed by atoms with E-state index < -0.39 is 10.0 Å². The third kappa shape index (κ3) is 4.10. The number of amides is 1. The molecule has 25 heavy (non-hydrogen) atoms. The number of carbonyl (C=O) groups excluding carboxylic acids is 1. The van der Waals surface area contributed by atoms with Gasteiger partial charge in [-0.1, -0.05) is 0 Å². The molecule has 1 amide bonds. The molecular formula is C14H18BrN5O3S2. The van der Waals surface area contributed by atoms with Gasteiger partial charge in [-0.05, 0) is 40.9 Å². The van der Waals surface area contributed by atoms with Gasteiger partial charge in [0.05, 0.1) is 16.2 Å². The Kier molecular flexibility index (Phi) is 5.56. The van der Waals surface area contributed by atoms with E-state index in [0.29, 0.717) is 29.4 Å². The Morgan fingerprint density at radius 2 is 2.28 bits per heavy atom. The first-order valence-corrected chi connectivity index (χ1v) is 10.8. The van der Waals surface area contributed by atoms with Crippen LogP contribution < -0.4 is 5.32 Å². The van der Waals surface area contributed by atoms with Crippen LogP contribution in [0.25, 0.3) is 0 Å². The minimum Gasteiger partial charge on any atom is -0.349 e. The molecule has 136 valence electrons. The Bertz CT molecular complexity index is 863. The first-order valence-electron chi connectivity index (χ1n) is 7.74. The lowest BCUT2D eigenvalue weighted by atomic mass is 9.99. The Morgan fingerprint density at radius 3 is 2.92 bits per heavy atom. The molecule has 1 fully saturated rings. The molecule has 0 aromatic carbocycles. The number of aryl methyl sites for hydroxylation is 1. The maximum absolute atomic E-state index is 12.7. The summed E-state index contributed by atoms with van der Waals surface area (Å²) in [7, 11) is -1.76. The fraction of sp³-hybridized carbons (Fsp3) is 0.500. The minimum absolute atomic E-state index is 0.157. The van der Waals surface area contributed by atoms with Crippen LogP contribution in [0, 0.1) is 5.92 Å². The second-order valence-electron chi connectivity index (χ2n) is 5.84. The maximum Gasteiger partial charge on any atom is 0.252 e. The number of aromatic nitrogens is 3. The normalized spacial score (nSPS) is 19.0. The molecule has 2 aromatic heterocycles. The smallest absolute Gasteiger partial charge is 0.252 e. The van der Waals surface area contributed by atoms with Gasteiger partial charge in [-0.3, -0.25) is 4.79 Å². The number of halogens is 1. The number of nitrogens with zero attached hydrogens (tertiary/aromatic N) is 4. The van der Waals surface area contributed by atoms with Crippen molar-refractivity contribution in [2.75, 3.05) is 13.1 Å². The first-order chi connectivity index (χ1) is 11.9. The fourth-order valence-electron chi connectivity index (χ4n) is 2.72. The number of hydrogen-bond acceptors (Lipinski definition) is 6. The third-order valence-electron chi connectivity index (χ3n) is 4.12. The predicted octanol–water partition coefficient (Wildman–Crippen LogP) is 1.36. The van der Waals surface area contributed by atoms with E-state index in [1.807, 2.05) is 0 Å². The molecule has 3 rings (SSSR count). The van der Waals surface area contributed by atoms with Gasteiger partial charge in [0, 0.05) is 20.1 Å². The van der Waals surface area contributed by atoms with Crippen molar-refractivity contribution in [1.82, 2.24) is 24.4 Å². The Hall–Kier alpha value is -1.30. The Balaban J connectivity index is 1.64.